The zero-order valence-electron chi connectivity index (χ0n) is 24.9. The van der Waals surface area contributed by atoms with Gasteiger partial charge < -0.3 is 14.6 Å². The van der Waals surface area contributed by atoms with Crippen molar-refractivity contribution in [2.24, 2.45) is 5.92 Å². The summed E-state index contributed by atoms with van der Waals surface area (Å²) in [5.41, 5.74) is 0.817. The molecule has 0 atom stereocenters. The first-order valence-electron chi connectivity index (χ1n) is 14.6. The van der Waals surface area contributed by atoms with Crippen molar-refractivity contribution < 1.29 is 22.3 Å². The number of carbonyl (C=O) groups excluding carboxylic acids is 1. The van der Waals surface area contributed by atoms with E-state index in [1.54, 1.807) is 22.8 Å². The molecule has 1 aliphatic heterocycles. The van der Waals surface area contributed by atoms with E-state index in [1.165, 1.54) is 6.42 Å². The maximum atomic E-state index is 16.1. The standard InChI is InChI=1S/C31H46FN3O4S/c1-30(2,3)25-18-22(12-13-27(25)40(37,38)34-31(4,5)6)26-19-24(29(36)33-23-14-16-39-17-15-23)28(32)35(26)20-21-10-8-7-9-11-21/h12-13,18-19,21,23,34H,7-11,14-17,20H2,1-6H3,(H,33,36). The summed E-state index contributed by atoms with van der Waals surface area (Å²) in [6, 6.07) is 6.79. The van der Waals surface area contributed by atoms with Gasteiger partial charge in [-0.25, -0.2) is 13.1 Å². The van der Waals surface area contributed by atoms with E-state index in [0.717, 1.165) is 25.7 Å². The zero-order valence-corrected chi connectivity index (χ0v) is 25.7. The number of nitrogens with one attached hydrogen (secondary N) is 2. The molecule has 1 aromatic carbocycles. The molecular formula is C31H46FN3O4S. The van der Waals surface area contributed by atoms with Crippen molar-refractivity contribution in [2.45, 2.75) is 115 Å². The van der Waals surface area contributed by atoms with Gasteiger partial charge in [-0.15, -0.1) is 0 Å². The number of carbonyl (C=O) groups is 1. The molecular weight excluding hydrogens is 529 g/mol. The maximum Gasteiger partial charge on any atom is 0.256 e. The summed E-state index contributed by atoms with van der Waals surface area (Å²) in [5.74, 6) is -0.621. The average molecular weight is 576 g/mol. The Labute approximate surface area is 239 Å². The molecule has 0 radical (unpaired) electrons. The molecule has 1 aliphatic carbocycles. The molecule has 0 bridgehead atoms. The minimum Gasteiger partial charge on any atom is -0.381 e. The predicted octanol–water partition coefficient (Wildman–Crippen LogP) is 6.16. The lowest BCUT2D eigenvalue weighted by atomic mass is 9.85. The first kappa shape index (κ1) is 30.7. The molecule has 0 spiro atoms. The van der Waals surface area contributed by atoms with Crippen LogP contribution in [0.3, 0.4) is 0 Å². The second-order valence-electron chi connectivity index (χ2n) is 13.5. The summed E-state index contributed by atoms with van der Waals surface area (Å²) in [5, 5.41) is 3.00. The third-order valence-electron chi connectivity index (χ3n) is 7.81. The number of aromatic nitrogens is 1. The molecule has 2 fully saturated rings. The molecule has 1 saturated carbocycles. The molecule has 7 nitrogen and oxygen atoms in total. The average Bonchev–Trinajstić information content (AvgIpc) is 3.19. The maximum absolute atomic E-state index is 16.1. The van der Waals surface area contributed by atoms with E-state index in [9.17, 15) is 13.2 Å². The van der Waals surface area contributed by atoms with Gasteiger partial charge in [0.05, 0.1) is 16.2 Å². The third kappa shape index (κ3) is 7.34. The van der Waals surface area contributed by atoms with Gasteiger partial charge in [-0.1, -0.05) is 46.1 Å². The van der Waals surface area contributed by atoms with Gasteiger partial charge >= 0.3 is 0 Å². The van der Waals surface area contributed by atoms with E-state index >= 15 is 4.39 Å². The summed E-state index contributed by atoms with van der Waals surface area (Å²) in [4.78, 5) is 13.5. The molecule has 1 saturated heterocycles. The van der Waals surface area contributed by atoms with Gasteiger partial charge in [0.15, 0.2) is 0 Å². The fraction of sp³-hybridized carbons (Fsp3) is 0.645. The number of ether oxygens (including phenoxy) is 1. The number of nitrogens with zero attached hydrogens (tertiary/aromatic N) is 1. The van der Waals surface area contributed by atoms with Gasteiger partial charge in [0.25, 0.3) is 5.91 Å². The highest BCUT2D eigenvalue weighted by molar-refractivity contribution is 7.89. The molecule has 1 aromatic heterocycles. The van der Waals surface area contributed by atoms with Gasteiger partial charge in [-0.2, -0.15) is 4.39 Å². The first-order valence-corrected chi connectivity index (χ1v) is 16.1. The molecule has 0 unspecified atom stereocenters. The van der Waals surface area contributed by atoms with Crippen LogP contribution in [0.5, 0.6) is 0 Å². The quantitative estimate of drug-likeness (QED) is 0.414. The van der Waals surface area contributed by atoms with E-state index < -0.39 is 32.8 Å². The Morgan fingerprint density at radius 1 is 1.00 bits per heavy atom. The van der Waals surface area contributed by atoms with E-state index in [0.29, 0.717) is 55.3 Å². The van der Waals surface area contributed by atoms with Gasteiger partial charge in [0, 0.05) is 31.3 Å². The molecule has 40 heavy (non-hydrogen) atoms. The van der Waals surface area contributed by atoms with Crippen LogP contribution in [0, 0.1) is 11.9 Å². The zero-order chi connectivity index (χ0) is 29.3. The largest absolute Gasteiger partial charge is 0.381 e. The highest BCUT2D eigenvalue weighted by atomic mass is 32.2. The van der Waals surface area contributed by atoms with Crippen LogP contribution in [0.2, 0.25) is 0 Å². The van der Waals surface area contributed by atoms with Crippen molar-refractivity contribution in [3.8, 4) is 11.3 Å². The van der Waals surface area contributed by atoms with E-state index in [2.05, 4.69) is 10.0 Å². The van der Waals surface area contributed by atoms with E-state index in [1.807, 2.05) is 47.6 Å². The molecule has 2 N–H and O–H groups in total. The van der Waals surface area contributed by atoms with Gasteiger partial charge in [-0.3, -0.25) is 4.79 Å². The van der Waals surface area contributed by atoms with E-state index in [-0.39, 0.29) is 16.5 Å². The Morgan fingerprint density at radius 3 is 2.25 bits per heavy atom. The number of halogens is 1. The summed E-state index contributed by atoms with van der Waals surface area (Å²) in [7, 11) is -3.80. The Hall–Kier alpha value is -2.23. The minimum atomic E-state index is -3.80. The smallest absolute Gasteiger partial charge is 0.256 e. The highest BCUT2D eigenvalue weighted by Gasteiger charge is 2.31. The lowest BCUT2D eigenvalue weighted by Gasteiger charge is -2.27. The van der Waals surface area contributed by atoms with Crippen LogP contribution in [0.4, 0.5) is 4.39 Å². The summed E-state index contributed by atoms with van der Waals surface area (Å²) < 4.78 is 52.7. The first-order chi connectivity index (χ1) is 18.7. The topological polar surface area (TPSA) is 89.4 Å². The Kier molecular flexibility index (Phi) is 9.17. The number of sulfonamides is 1. The summed E-state index contributed by atoms with van der Waals surface area (Å²) in [6.45, 7) is 13.0. The normalized spacial score (nSPS) is 18.2. The van der Waals surface area contributed by atoms with Crippen LogP contribution >= 0.6 is 0 Å². The van der Waals surface area contributed by atoms with Crippen LogP contribution < -0.4 is 10.0 Å². The number of amides is 1. The van der Waals surface area contributed by atoms with Crippen molar-refractivity contribution >= 4 is 15.9 Å². The third-order valence-corrected chi connectivity index (χ3v) is 9.63. The molecule has 2 aliphatic rings. The second-order valence-corrected chi connectivity index (χ2v) is 15.2. The molecule has 1 amide bonds. The Morgan fingerprint density at radius 2 is 1.65 bits per heavy atom. The molecule has 222 valence electrons. The second kappa shape index (κ2) is 11.9. The van der Waals surface area contributed by atoms with Crippen molar-refractivity contribution in [3.63, 3.8) is 0 Å². The van der Waals surface area contributed by atoms with Gasteiger partial charge in [-0.05, 0) is 87.1 Å². The molecule has 2 aromatic rings. The summed E-state index contributed by atoms with van der Waals surface area (Å²) in [6.07, 6.45) is 6.92. The van der Waals surface area contributed by atoms with Gasteiger partial charge in [0.2, 0.25) is 16.0 Å². The van der Waals surface area contributed by atoms with Crippen molar-refractivity contribution in [3.05, 3.63) is 41.3 Å². The lowest BCUT2D eigenvalue weighted by Crippen LogP contribution is -2.41. The number of rotatable bonds is 7. The van der Waals surface area contributed by atoms with Crippen LogP contribution in [0.15, 0.2) is 29.2 Å². The van der Waals surface area contributed by atoms with Crippen LogP contribution in [0.1, 0.15) is 102 Å². The Bertz CT molecular complexity index is 1310. The van der Waals surface area contributed by atoms with E-state index in [4.69, 9.17) is 4.74 Å². The SMILES string of the molecule is CC(C)(C)NS(=O)(=O)c1ccc(-c2cc(C(=O)NC3CCOCC3)c(F)n2CC2CCCCC2)cc1C(C)(C)C. The van der Waals surface area contributed by atoms with Gasteiger partial charge in [0.1, 0.15) is 0 Å². The monoisotopic (exact) mass is 575 g/mol. The molecule has 2 heterocycles. The number of hydrogen-bond acceptors (Lipinski definition) is 4. The van der Waals surface area contributed by atoms with Crippen molar-refractivity contribution in [1.82, 2.24) is 14.6 Å². The number of benzene rings is 1. The van der Waals surface area contributed by atoms with Crippen LogP contribution in [0.25, 0.3) is 11.3 Å². The minimum absolute atomic E-state index is 0.0284. The highest BCUT2D eigenvalue weighted by Crippen LogP contribution is 2.36. The lowest BCUT2D eigenvalue weighted by molar-refractivity contribution is 0.0694. The Balaban J connectivity index is 1.79. The van der Waals surface area contributed by atoms with Crippen LogP contribution in [-0.4, -0.2) is 43.7 Å². The predicted molar refractivity (Wildman–Crippen MR) is 156 cm³/mol. The van der Waals surface area contributed by atoms with Crippen molar-refractivity contribution in [1.29, 1.82) is 0 Å². The molecule has 4 rings (SSSR count). The van der Waals surface area contributed by atoms with Crippen LogP contribution in [-0.2, 0) is 26.7 Å². The van der Waals surface area contributed by atoms with Crippen molar-refractivity contribution in [2.75, 3.05) is 13.2 Å². The fourth-order valence-corrected chi connectivity index (χ4v) is 7.62. The summed E-state index contributed by atoms with van der Waals surface area (Å²) >= 11 is 0. The fourth-order valence-electron chi connectivity index (χ4n) is 5.80. The molecule has 9 heteroatoms. The number of hydrogen-bond donors (Lipinski definition) is 2.